The number of carbonyl (C=O) groups is 1. The maximum absolute atomic E-state index is 14.5. The number of rotatable bonds is 8. The molecule has 162 valence electrons. The van der Waals surface area contributed by atoms with Gasteiger partial charge in [0.25, 0.3) is 10.9 Å². The number of non-ortho nitro benzene ring substituents is 1. The van der Waals surface area contributed by atoms with Gasteiger partial charge in [-0.3, -0.25) is 14.9 Å². The minimum Gasteiger partial charge on any atom is -0.274 e. The molecule has 0 fully saturated rings. The van der Waals surface area contributed by atoms with Gasteiger partial charge in [0.1, 0.15) is 11.5 Å². The Morgan fingerprint density at radius 2 is 2.03 bits per heavy atom. The minimum atomic E-state index is -0.814. The Morgan fingerprint density at radius 1 is 1.29 bits per heavy atom. The lowest BCUT2D eigenvalue weighted by atomic mass is 10.00. The number of nitro groups is 1. The molecule has 0 aliphatic rings. The van der Waals surface area contributed by atoms with Gasteiger partial charge < -0.3 is 0 Å². The van der Waals surface area contributed by atoms with Crippen molar-refractivity contribution in [2.24, 2.45) is 0 Å². The van der Waals surface area contributed by atoms with Crippen molar-refractivity contribution in [1.29, 1.82) is 0 Å². The van der Waals surface area contributed by atoms with Crippen LogP contribution in [0.2, 0.25) is 5.02 Å². The van der Waals surface area contributed by atoms with Crippen LogP contribution in [-0.4, -0.2) is 19.9 Å². The van der Waals surface area contributed by atoms with E-state index in [0.717, 1.165) is 12.8 Å². The van der Waals surface area contributed by atoms with E-state index >= 15 is 0 Å². The van der Waals surface area contributed by atoms with Crippen LogP contribution in [0.4, 0.5) is 10.1 Å². The lowest BCUT2D eigenvalue weighted by molar-refractivity contribution is -0.384. The van der Waals surface area contributed by atoms with Crippen LogP contribution >= 0.6 is 39.1 Å². The summed E-state index contributed by atoms with van der Waals surface area (Å²) in [6.45, 7) is 2.01. The molecule has 3 aromatic rings. The molecular weight excluding hydrogens is 512 g/mol. The standard InChI is InChI=1S/C21H17BrCl2FN3O3/c1-2-3-4-18-15(9-12-5-6-13(22)10-17(12)25)20(21(24)29)27(26-18)19-11-14(28(30)31)7-8-16(19)23/h5-8,10-11H,2-4,9H2,1H3. The average Bonchev–Trinajstić information content (AvgIpc) is 3.06. The SMILES string of the molecule is CCCCc1nn(-c2cc([N+](=O)[O-])ccc2Cl)c(C(=O)Cl)c1Cc1ccc(Br)cc1F. The number of carbonyl (C=O) groups excluding carboxylic acids is 1. The van der Waals surface area contributed by atoms with Crippen molar-refractivity contribution in [2.45, 2.75) is 32.6 Å². The Bertz CT molecular complexity index is 1170. The van der Waals surface area contributed by atoms with E-state index in [0.29, 0.717) is 27.7 Å². The summed E-state index contributed by atoms with van der Waals surface area (Å²) in [5.74, 6) is -0.440. The summed E-state index contributed by atoms with van der Waals surface area (Å²) in [5, 5.41) is 15.1. The largest absolute Gasteiger partial charge is 0.274 e. The monoisotopic (exact) mass is 527 g/mol. The zero-order chi connectivity index (χ0) is 22.7. The summed E-state index contributed by atoms with van der Waals surface area (Å²) in [4.78, 5) is 23.1. The third kappa shape index (κ3) is 5.14. The fourth-order valence-electron chi connectivity index (χ4n) is 3.24. The lowest BCUT2D eigenvalue weighted by Gasteiger charge is -2.09. The van der Waals surface area contributed by atoms with Crippen molar-refractivity contribution in [3.05, 3.63) is 84.3 Å². The zero-order valence-electron chi connectivity index (χ0n) is 16.4. The average molecular weight is 529 g/mol. The molecule has 0 spiro atoms. The number of hydrogen-bond acceptors (Lipinski definition) is 4. The first kappa shape index (κ1) is 23.4. The maximum atomic E-state index is 14.5. The van der Waals surface area contributed by atoms with E-state index in [1.54, 1.807) is 12.1 Å². The molecule has 31 heavy (non-hydrogen) atoms. The minimum absolute atomic E-state index is 0.0116. The molecule has 0 unspecified atom stereocenters. The van der Waals surface area contributed by atoms with E-state index in [4.69, 9.17) is 23.2 Å². The van der Waals surface area contributed by atoms with Crippen LogP contribution in [-0.2, 0) is 12.8 Å². The molecule has 0 bridgehead atoms. The van der Waals surface area contributed by atoms with Crippen LogP contribution in [0.3, 0.4) is 0 Å². The number of halogens is 4. The quantitative estimate of drug-likeness (QED) is 0.186. The molecule has 2 aromatic carbocycles. The van der Waals surface area contributed by atoms with Gasteiger partial charge in [-0.25, -0.2) is 9.07 Å². The number of aryl methyl sites for hydroxylation is 1. The van der Waals surface area contributed by atoms with Crippen molar-refractivity contribution >= 4 is 50.1 Å². The summed E-state index contributed by atoms with van der Waals surface area (Å²) in [6, 6.07) is 8.50. The van der Waals surface area contributed by atoms with Crippen LogP contribution in [0.15, 0.2) is 40.9 Å². The van der Waals surface area contributed by atoms with E-state index in [9.17, 15) is 19.3 Å². The summed E-state index contributed by atoms with van der Waals surface area (Å²) in [5.41, 5.74) is 1.36. The molecule has 3 rings (SSSR count). The van der Waals surface area contributed by atoms with Crippen LogP contribution in [0.25, 0.3) is 5.69 Å². The molecule has 0 amide bonds. The fraction of sp³-hybridized carbons (Fsp3) is 0.238. The van der Waals surface area contributed by atoms with Crippen molar-refractivity contribution in [1.82, 2.24) is 9.78 Å². The Hall–Kier alpha value is -2.29. The first-order valence-electron chi connectivity index (χ1n) is 9.41. The molecule has 0 aliphatic heterocycles. The van der Waals surface area contributed by atoms with Crippen molar-refractivity contribution in [2.75, 3.05) is 0 Å². The summed E-state index contributed by atoms with van der Waals surface area (Å²) >= 11 is 15.4. The highest BCUT2D eigenvalue weighted by Crippen LogP contribution is 2.31. The number of nitrogens with zero attached hydrogens (tertiary/aromatic N) is 3. The van der Waals surface area contributed by atoms with Gasteiger partial charge in [0.2, 0.25) is 0 Å². The molecule has 6 nitrogen and oxygen atoms in total. The number of aromatic nitrogens is 2. The number of benzene rings is 2. The van der Waals surface area contributed by atoms with Crippen LogP contribution in [0.5, 0.6) is 0 Å². The first-order chi connectivity index (χ1) is 14.7. The van der Waals surface area contributed by atoms with Crippen LogP contribution < -0.4 is 0 Å². The van der Waals surface area contributed by atoms with Crippen molar-refractivity contribution < 1.29 is 14.1 Å². The Morgan fingerprint density at radius 3 is 2.65 bits per heavy atom. The molecule has 0 saturated heterocycles. The zero-order valence-corrected chi connectivity index (χ0v) is 19.5. The van der Waals surface area contributed by atoms with Crippen molar-refractivity contribution in [3.63, 3.8) is 0 Å². The molecule has 0 N–H and O–H groups in total. The molecule has 0 aliphatic carbocycles. The first-order valence-corrected chi connectivity index (χ1v) is 11.0. The maximum Gasteiger partial charge on any atom is 0.271 e. The van der Waals surface area contributed by atoms with Gasteiger partial charge >= 0.3 is 0 Å². The second-order valence-electron chi connectivity index (χ2n) is 6.87. The molecule has 1 aromatic heterocycles. The normalized spacial score (nSPS) is 11.0. The van der Waals surface area contributed by atoms with Gasteiger partial charge in [-0.1, -0.05) is 46.9 Å². The molecule has 0 radical (unpaired) electrons. The highest BCUT2D eigenvalue weighted by Gasteiger charge is 2.26. The second-order valence-corrected chi connectivity index (χ2v) is 8.53. The third-order valence-electron chi connectivity index (χ3n) is 4.77. The highest BCUT2D eigenvalue weighted by atomic mass is 79.9. The van der Waals surface area contributed by atoms with Gasteiger partial charge in [-0.2, -0.15) is 5.10 Å². The predicted molar refractivity (Wildman–Crippen MR) is 121 cm³/mol. The molecule has 10 heteroatoms. The highest BCUT2D eigenvalue weighted by molar-refractivity contribution is 9.10. The van der Waals surface area contributed by atoms with E-state index < -0.39 is 16.0 Å². The summed E-state index contributed by atoms with van der Waals surface area (Å²) in [6.07, 6.45) is 2.27. The summed E-state index contributed by atoms with van der Waals surface area (Å²) in [7, 11) is 0. The lowest BCUT2D eigenvalue weighted by Crippen LogP contribution is -2.08. The Labute approximate surface area is 196 Å². The van der Waals surface area contributed by atoms with E-state index in [1.165, 1.54) is 28.9 Å². The molecule has 0 saturated carbocycles. The van der Waals surface area contributed by atoms with Gasteiger partial charge in [-0.05, 0) is 48.2 Å². The van der Waals surface area contributed by atoms with Gasteiger partial charge in [0, 0.05) is 28.6 Å². The van der Waals surface area contributed by atoms with Crippen molar-refractivity contribution in [3.8, 4) is 5.69 Å². The fourth-order valence-corrected chi connectivity index (χ4v) is 3.96. The van der Waals surface area contributed by atoms with Gasteiger partial charge in [0.15, 0.2) is 0 Å². The smallest absolute Gasteiger partial charge is 0.271 e. The topological polar surface area (TPSA) is 78.0 Å². The second kappa shape index (κ2) is 9.89. The van der Waals surface area contributed by atoms with Gasteiger partial charge in [-0.15, -0.1) is 0 Å². The number of nitro benzene ring substituents is 1. The van der Waals surface area contributed by atoms with E-state index in [-0.39, 0.29) is 28.5 Å². The van der Waals surface area contributed by atoms with E-state index in [2.05, 4.69) is 21.0 Å². The Kier molecular flexibility index (Phi) is 7.46. The summed E-state index contributed by atoms with van der Waals surface area (Å²) < 4.78 is 16.3. The van der Waals surface area contributed by atoms with E-state index in [1.807, 2.05) is 6.92 Å². The number of hydrogen-bond donors (Lipinski definition) is 0. The van der Waals surface area contributed by atoms with Gasteiger partial charge in [0.05, 0.1) is 21.3 Å². The molecule has 0 atom stereocenters. The Balaban J connectivity index is 2.23. The van der Waals surface area contributed by atoms with Crippen LogP contribution in [0, 0.1) is 15.9 Å². The third-order valence-corrected chi connectivity index (χ3v) is 5.76. The molecule has 1 heterocycles. The predicted octanol–water partition coefficient (Wildman–Crippen LogP) is 6.65. The molecular formula is C21H17BrCl2FN3O3. The number of unbranched alkanes of at least 4 members (excludes halogenated alkanes) is 1. The van der Waals surface area contributed by atoms with Crippen LogP contribution in [0.1, 0.15) is 47.1 Å².